The van der Waals surface area contributed by atoms with Gasteiger partial charge in [-0.25, -0.2) is 9.18 Å². The van der Waals surface area contributed by atoms with E-state index in [1.165, 1.54) is 6.07 Å². The number of aryl methyl sites for hydroxylation is 1. The molecule has 1 N–H and O–H groups in total. The van der Waals surface area contributed by atoms with Crippen LogP contribution in [0.25, 0.3) is 11.3 Å². The Morgan fingerprint density at radius 2 is 1.92 bits per heavy atom. The molecular weight excluding hydrogens is 359 g/mol. The van der Waals surface area contributed by atoms with Gasteiger partial charge in [-0.1, -0.05) is 47.1 Å². The average molecular weight is 375 g/mol. The molecule has 2 aromatic carbocycles. The van der Waals surface area contributed by atoms with Gasteiger partial charge < -0.3 is 9.26 Å². The first kappa shape index (κ1) is 17.9. The molecule has 0 bridgehead atoms. The molecule has 0 spiro atoms. The Labute approximate surface area is 154 Å². The lowest BCUT2D eigenvalue weighted by Gasteiger charge is -2.15. The predicted octanol–water partition coefficient (Wildman–Crippen LogP) is 5.75. The third kappa shape index (κ3) is 3.70. The van der Waals surface area contributed by atoms with Crippen molar-refractivity contribution in [1.82, 2.24) is 5.16 Å². The molecule has 0 saturated carbocycles. The van der Waals surface area contributed by atoms with Crippen molar-refractivity contribution in [2.24, 2.45) is 0 Å². The number of rotatable bonds is 4. The summed E-state index contributed by atoms with van der Waals surface area (Å²) in [4.78, 5) is 12.3. The van der Waals surface area contributed by atoms with Crippen LogP contribution in [0.1, 0.15) is 24.4 Å². The van der Waals surface area contributed by atoms with E-state index in [1.54, 1.807) is 56.3 Å². The van der Waals surface area contributed by atoms with Crippen molar-refractivity contribution < 1.29 is 18.4 Å². The van der Waals surface area contributed by atoms with Crippen molar-refractivity contribution in [3.8, 4) is 11.3 Å². The van der Waals surface area contributed by atoms with Crippen molar-refractivity contribution in [1.29, 1.82) is 0 Å². The van der Waals surface area contributed by atoms with E-state index >= 15 is 0 Å². The van der Waals surface area contributed by atoms with Crippen LogP contribution in [0.3, 0.4) is 0 Å². The van der Waals surface area contributed by atoms with Gasteiger partial charge in [-0.2, -0.15) is 0 Å². The average Bonchev–Trinajstić information content (AvgIpc) is 2.96. The Hall–Kier alpha value is -2.86. The van der Waals surface area contributed by atoms with Crippen molar-refractivity contribution in [3.05, 3.63) is 70.7 Å². The highest BCUT2D eigenvalue weighted by Gasteiger charge is 2.21. The van der Waals surface area contributed by atoms with E-state index in [-0.39, 0.29) is 16.9 Å². The first-order chi connectivity index (χ1) is 12.5. The Morgan fingerprint density at radius 1 is 1.23 bits per heavy atom. The Balaban J connectivity index is 1.79. The summed E-state index contributed by atoms with van der Waals surface area (Å²) in [5, 5.41) is 6.92. The lowest BCUT2D eigenvalue weighted by Crippen LogP contribution is -2.17. The monoisotopic (exact) mass is 374 g/mol. The highest BCUT2D eigenvalue weighted by Crippen LogP contribution is 2.32. The number of aromatic nitrogens is 1. The van der Waals surface area contributed by atoms with Crippen LogP contribution in [0, 0.1) is 12.7 Å². The molecule has 3 rings (SSSR count). The molecular formula is C19H16ClFN2O3. The quantitative estimate of drug-likeness (QED) is 0.631. The summed E-state index contributed by atoms with van der Waals surface area (Å²) in [6.07, 6.45) is -1.29. The first-order valence-corrected chi connectivity index (χ1v) is 8.28. The van der Waals surface area contributed by atoms with Gasteiger partial charge in [0.25, 0.3) is 0 Å². The van der Waals surface area contributed by atoms with E-state index in [1.807, 2.05) is 0 Å². The number of ether oxygens (including phenoxy) is 1. The van der Waals surface area contributed by atoms with Gasteiger partial charge in [-0.05, 0) is 32.0 Å². The van der Waals surface area contributed by atoms with Crippen molar-refractivity contribution in [2.45, 2.75) is 20.0 Å². The zero-order valence-corrected chi connectivity index (χ0v) is 14.9. The molecule has 1 unspecified atom stereocenters. The van der Waals surface area contributed by atoms with Crippen molar-refractivity contribution in [3.63, 3.8) is 0 Å². The number of amides is 1. The maximum atomic E-state index is 14.0. The maximum absolute atomic E-state index is 14.0. The second kappa shape index (κ2) is 7.58. The number of nitrogens with one attached hydrogen (secondary N) is 1. The number of hydrogen-bond acceptors (Lipinski definition) is 4. The van der Waals surface area contributed by atoms with Gasteiger partial charge in [0.1, 0.15) is 23.3 Å². The first-order valence-electron chi connectivity index (χ1n) is 7.90. The molecule has 0 fully saturated rings. The number of carbonyl (C=O) groups is 1. The van der Waals surface area contributed by atoms with Crippen LogP contribution in [0.5, 0.6) is 0 Å². The molecule has 5 nitrogen and oxygen atoms in total. The zero-order chi connectivity index (χ0) is 18.7. The number of anilines is 1. The lowest BCUT2D eigenvalue weighted by atomic mass is 10.1. The second-order valence-electron chi connectivity index (χ2n) is 5.64. The third-order valence-electron chi connectivity index (χ3n) is 3.85. The predicted molar refractivity (Wildman–Crippen MR) is 96.6 cm³/mol. The number of benzene rings is 2. The molecule has 1 aromatic heterocycles. The van der Waals surface area contributed by atoms with Gasteiger partial charge in [0.05, 0.1) is 0 Å². The van der Waals surface area contributed by atoms with E-state index in [0.29, 0.717) is 16.3 Å². The minimum atomic E-state index is -0.721. The lowest BCUT2D eigenvalue weighted by molar-refractivity contribution is 0.121. The van der Waals surface area contributed by atoms with Crippen LogP contribution in [0.4, 0.5) is 14.9 Å². The summed E-state index contributed by atoms with van der Waals surface area (Å²) in [7, 11) is 0. The molecule has 1 heterocycles. The molecule has 7 heteroatoms. The standard InChI is InChI=1S/C19H16ClFN2O3/c1-11(13-7-3-5-9-15(13)20)25-19(24)22-17-12(2)26-23-18(17)14-8-4-6-10-16(14)21/h3-11H,1-2H3,(H,22,24). The fourth-order valence-corrected chi connectivity index (χ4v) is 2.81. The summed E-state index contributed by atoms with van der Waals surface area (Å²) < 4.78 is 24.5. The van der Waals surface area contributed by atoms with Crippen LogP contribution in [-0.2, 0) is 4.74 Å². The molecule has 0 aliphatic heterocycles. The molecule has 26 heavy (non-hydrogen) atoms. The Morgan fingerprint density at radius 3 is 2.65 bits per heavy atom. The number of carbonyl (C=O) groups excluding carboxylic acids is 1. The highest BCUT2D eigenvalue weighted by atomic mass is 35.5. The number of hydrogen-bond donors (Lipinski definition) is 1. The van der Waals surface area contributed by atoms with Gasteiger partial charge in [0, 0.05) is 16.1 Å². The molecule has 134 valence electrons. The van der Waals surface area contributed by atoms with Crippen LogP contribution < -0.4 is 5.32 Å². The number of nitrogens with zero attached hydrogens (tertiary/aromatic N) is 1. The Bertz CT molecular complexity index is 942. The minimum Gasteiger partial charge on any atom is -0.441 e. The minimum absolute atomic E-state index is 0.197. The third-order valence-corrected chi connectivity index (χ3v) is 4.19. The topological polar surface area (TPSA) is 64.4 Å². The van der Waals surface area contributed by atoms with Gasteiger partial charge in [-0.15, -0.1) is 0 Å². The molecule has 1 amide bonds. The van der Waals surface area contributed by atoms with Gasteiger partial charge in [0.15, 0.2) is 5.76 Å². The van der Waals surface area contributed by atoms with Gasteiger partial charge >= 0.3 is 6.09 Å². The normalized spacial score (nSPS) is 11.8. The molecule has 3 aromatic rings. The van der Waals surface area contributed by atoms with Crippen LogP contribution in [0.15, 0.2) is 53.1 Å². The molecule has 0 aliphatic carbocycles. The fraction of sp³-hybridized carbons (Fsp3) is 0.158. The Kier molecular flexibility index (Phi) is 5.23. The van der Waals surface area contributed by atoms with Crippen molar-refractivity contribution in [2.75, 3.05) is 5.32 Å². The largest absolute Gasteiger partial charge is 0.441 e. The smallest absolute Gasteiger partial charge is 0.412 e. The van der Waals surface area contributed by atoms with Crippen LogP contribution >= 0.6 is 11.6 Å². The van der Waals surface area contributed by atoms with E-state index in [4.69, 9.17) is 20.9 Å². The van der Waals surface area contributed by atoms with Gasteiger partial charge in [-0.3, -0.25) is 5.32 Å². The van der Waals surface area contributed by atoms with Crippen LogP contribution in [-0.4, -0.2) is 11.2 Å². The van der Waals surface area contributed by atoms with Crippen LogP contribution in [0.2, 0.25) is 5.02 Å². The summed E-state index contributed by atoms with van der Waals surface area (Å²) in [5.41, 5.74) is 1.36. The van der Waals surface area contributed by atoms with E-state index in [2.05, 4.69) is 10.5 Å². The molecule has 1 atom stereocenters. The fourth-order valence-electron chi connectivity index (χ4n) is 2.52. The summed E-state index contributed by atoms with van der Waals surface area (Å²) >= 11 is 6.11. The summed E-state index contributed by atoms with van der Waals surface area (Å²) in [6.45, 7) is 3.32. The summed E-state index contributed by atoms with van der Waals surface area (Å²) in [5.74, 6) is -0.132. The highest BCUT2D eigenvalue weighted by molar-refractivity contribution is 6.31. The number of halogens is 2. The van der Waals surface area contributed by atoms with E-state index in [0.717, 1.165) is 0 Å². The molecule has 0 aliphatic rings. The molecule has 0 saturated heterocycles. The molecule has 0 radical (unpaired) electrons. The van der Waals surface area contributed by atoms with Gasteiger partial charge in [0.2, 0.25) is 0 Å². The van der Waals surface area contributed by atoms with E-state index < -0.39 is 18.0 Å². The van der Waals surface area contributed by atoms with Crippen molar-refractivity contribution >= 4 is 23.4 Å². The zero-order valence-electron chi connectivity index (χ0n) is 14.1. The maximum Gasteiger partial charge on any atom is 0.412 e. The van der Waals surface area contributed by atoms with E-state index in [9.17, 15) is 9.18 Å². The SMILES string of the molecule is Cc1onc(-c2ccccc2F)c1NC(=O)OC(C)c1ccccc1Cl. The second-order valence-corrected chi connectivity index (χ2v) is 6.04. The summed E-state index contributed by atoms with van der Waals surface area (Å²) in [6, 6.07) is 13.2.